The van der Waals surface area contributed by atoms with Crippen molar-refractivity contribution < 1.29 is 24.5 Å². The molecule has 0 saturated carbocycles. The summed E-state index contributed by atoms with van der Waals surface area (Å²) < 4.78 is 5.72. The normalized spacial score (nSPS) is 13.7. The van der Waals surface area contributed by atoms with E-state index in [1.165, 1.54) is 0 Å². The van der Waals surface area contributed by atoms with E-state index >= 15 is 0 Å². The Morgan fingerprint density at radius 3 is 2.30 bits per heavy atom. The first kappa shape index (κ1) is 30.6. The smallest absolute Gasteiger partial charge is 0.411 e. The number of phenols is 2. The van der Waals surface area contributed by atoms with Crippen LogP contribution in [0.25, 0.3) is 11.1 Å². The Labute approximate surface area is 257 Å². The van der Waals surface area contributed by atoms with Crippen LogP contribution in [0.1, 0.15) is 30.4 Å². The van der Waals surface area contributed by atoms with E-state index in [-0.39, 0.29) is 23.5 Å². The van der Waals surface area contributed by atoms with Gasteiger partial charge in [-0.05, 0) is 48.2 Å². The second-order valence-corrected chi connectivity index (χ2v) is 10.9. The summed E-state index contributed by atoms with van der Waals surface area (Å²) in [5.41, 5.74) is 4.95. The summed E-state index contributed by atoms with van der Waals surface area (Å²) in [6, 6.07) is 29.6. The van der Waals surface area contributed by atoms with Crippen LogP contribution in [0, 0.1) is 0 Å². The van der Waals surface area contributed by atoms with Gasteiger partial charge in [0.2, 0.25) is 5.91 Å². The molecule has 1 saturated heterocycles. The topological polar surface area (TPSA) is 123 Å². The summed E-state index contributed by atoms with van der Waals surface area (Å²) in [4.78, 5) is 27.5. The van der Waals surface area contributed by atoms with E-state index in [1.54, 1.807) is 30.3 Å². The first-order valence-corrected chi connectivity index (χ1v) is 14.9. The highest BCUT2D eigenvalue weighted by Gasteiger charge is 2.23. The van der Waals surface area contributed by atoms with Crippen molar-refractivity contribution in [1.29, 1.82) is 0 Å². The number of benzene rings is 4. The van der Waals surface area contributed by atoms with Gasteiger partial charge in [-0.25, -0.2) is 4.79 Å². The molecule has 0 aromatic heterocycles. The Bertz CT molecular complexity index is 1540. The third kappa shape index (κ3) is 8.82. The largest absolute Gasteiger partial charge is 0.508 e. The molecule has 5 rings (SSSR count). The zero-order valence-corrected chi connectivity index (χ0v) is 24.5. The second-order valence-electron chi connectivity index (χ2n) is 10.9. The molecule has 0 unspecified atom stereocenters. The molecule has 9 heteroatoms. The molecule has 0 spiro atoms. The molecule has 1 aliphatic heterocycles. The summed E-state index contributed by atoms with van der Waals surface area (Å²) >= 11 is 0. The standard InChI is InChI=1S/C35H38N4O5/c40-29-14-10-25(11-15-29)23-36-24-27-12-13-28(22-33(27)41)37-34(42)18-21-39-19-16-30(17-20-39)44-35(43)38-32-9-5-4-8-31(32)26-6-2-1-3-7-26/h1-15,22,30,36,40-41H,16-21,23-24H2,(H,37,42)(H,38,43). The lowest BCUT2D eigenvalue weighted by Crippen LogP contribution is -2.39. The number of amides is 2. The lowest BCUT2D eigenvalue weighted by atomic mass is 10.0. The lowest BCUT2D eigenvalue weighted by Gasteiger charge is -2.31. The number of piperidine rings is 1. The molecule has 1 heterocycles. The van der Waals surface area contributed by atoms with Crippen molar-refractivity contribution in [1.82, 2.24) is 10.2 Å². The molecule has 5 N–H and O–H groups in total. The number of para-hydroxylation sites is 1. The minimum Gasteiger partial charge on any atom is -0.508 e. The fourth-order valence-corrected chi connectivity index (χ4v) is 5.23. The van der Waals surface area contributed by atoms with Crippen molar-refractivity contribution in [2.24, 2.45) is 0 Å². The van der Waals surface area contributed by atoms with Gasteiger partial charge in [0.05, 0.1) is 5.69 Å². The van der Waals surface area contributed by atoms with E-state index in [0.29, 0.717) is 50.3 Å². The molecular formula is C35H38N4O5. The highest BCUT2D eigenvalue weighted by molar-refractivity contribution is 5.92. The summed E-state index contributed by atoms with van der Waals surface area (Å²) in [6.07, 6.45) is 1.07. The van der Waals surface area contributed by atoms with Crippen LogP contribution in [0.4, 0.5) is 16.2 Å². The van der Waals surface area contributed by atoms with Gasteiger partial charge in [0.25, 0.3) is 0 Å². The predicted molar refractivity (Wildman–Crippen MR) is 171 cm³/mol. The minimum absolute atomic E-state index is 0.107. The van der Waals surface area contributed by atoms with E-state index in [0.717, 1.165) is 35.3 Å². The second kappa shape index (κ2) is 15.0. The van der Waals surface area contributed by atoms with Gasteiger partial charge in [-0.1, -0.05) is 66.7 Å². The average molecular weight is 595 g/mol. The van der Waals surface area contributed by atoms with Crippen LogP contribution >= 0.6 is 0 Å². The van der Waals surface area contributed by atoms with Crippen molar-refractivity contribution in [3.63, 3.8) is 0 Å². The average Bonchev–Trinajstić information content (AvgIpc) is 3.03. The van der Waals surface area contributed by atoms with Gasteiger partial charge in [0.1, 0.15) is 17.6 Å². The predicted octanol–water partition coefficient (Wildman–Crippen LogP) is 6.10. The Hall–Kier alpha value is -4.86. The Morgan fingerprint density at radius 1 is 0.818 bits per heavy atom. The molecule has 44 heavy (non-hydrogen) atoms. The first-order valence-electron chi connectivity index (χ1n) is 14.9. The van der Waals surface area contributed by atoms with Crippen molar-refractivity contribution in [2.75, 3.05) is 30.3 Å². The van der Waals surface area contributed by atoms with Crippen molar-refractivity contribution in [3.8, 4) is 22.6 Å². The minimum atomic E-state index is -0.464. The molecule has 1 fully saturated rings. The van der Waals surface area contributed by atoms with Gasteiger partial charge in [-0.15, -0.1) is 0 Å². The molecule has 4 aromatic carbocycles. The number of likely N-dealkylation sites (tertiary alicyclic amines) is 1. The van der Waals surface area contributed by atoms with Gasteiger partial charge in [-0.3, -0.25) is 10.1 Å². The Kier molecular flexibility index (Phi) is 10.5. The molecule has 0 radical (unpaired) electrons. The van der Waals surface area contributed by atoms with Crippen LogP contribution in [0.2, 0.25) is 0 Å². The summed E-state index contributed by atoms with van der Waals surface area (Å²) in [5, 5.41) is 28.8. The number of ether oxygens (including phenoxy) is 1. The molecule has 0 aliphatic carbocycles. The van der Waals surface area contributed by atoms with E-state index in [4.69, 9.17) is 4.74 Å². The SMILES string of the molecule is O=C(CCN1CCC(OC(=O)Nc2ccccc2-c2ccccc2)CC1)Nc1ccc(CNCc2ccc(O)cc2)c(O)c1. The first-order chi connectivity index (χ1) is 21.4. The monoisotopic (exact) mass is 594 g/mol. The number of nitrogens with one attached hydrogen (secondary N) is 3. The Morgan fingerprint density at radius 2 is 1.55 bits per heavy atom. The van der Waals surface area contributed by atoms with Crippen LogP contribution in [0.5, 0.6) is 11.5 Å². The molecule has 4 aromatic rings. The maximum Gasteiger partial charge on any atom is 0.411 e. The van der Waals surface area contributed by atoms with Crippen LogP contribution < -0.4 is 16.0 Å². The number of phenolic OH excluding ortho intramolecular Hbond substituents is 2. The third-order valence-corrected chi connectivity index (χ3v) is 7.66. The molecular weight excluding hydrogens is 556 g/mol. The van der Waals surface area contributed by atoms with Crippen molar-refractivity contribution >= 4 is 23.4 Å². The number of anilines is 2. The van der Waals surface area contributed by atoms with E-state index < -0.39 is 6.09 Å². The number of hydrogen-bond donors (Lipinski definition) is 5. The van der Waals surface area contributed by atoms with Crippen molar-refractivity contribution in [2.45, 2.75) is 38.5 Å². The maximum atomic E-state index is 12.7. The van der Waals surface area contributed by atoms with Gasteiger partial charge in [0.15, 0.2) is 0 Å². The number of aromatic hydroxyl groups is 2. The quantitative estimate of drug-likeness (QED) is 0.142. The van der Waals surface area contributed by atoms with Gasteiger partial charge in [0, 0.05) is 62.0 Å². The van der Waals surface area contributed by atoms with Crippen LogP contribution in [0.15, 0.2) is 97.1 Å². The number of carbonyl (C=O) groups is 2. The number of rotatable bonds is 11. The van der Waals surface area contributed by atoms with E-state index in [9.17, 15) is 19.8 Å². The zero-order chi connectivity index (χ0) is 30.7. The third-order valence-electron chi connectivity index (χ3n) is 7.66. The lowest BCUT2D eigenvalue weighted by molar-refractivity contribution is -0.116. The number of nitrogens with zero attached hydrogens (tertiary/aromatic N) is 1. The van der Waals surface area contributed by atoms with E-state index in [1.807, 2.05) is 66.7 Å². The molecule has 0 bridgehead atoms. The highest BCUT2D eigenvalue weighted by Crippen LogP contribution is 2.28. The Balaban J connectivity index is 1.00. The fraction of sp³-hybridized carbons (Fsp3) is 0.257. The van der Waals surface area contributed by atoms with Crippen LogP contribution in [-0.4, -0.2) is 52.9 Å². The molecule has 2 amide bonds. The zero-order valence-electron chi connectivity index (χ0n) is 24.5. The number of carbonyl (C=O) groups excluding carboxylic acids is 2. The van der Waals surface area contributed by atoms with Gasteiger partial charge in [-0.2, -0.15) is 0 Å². The summed E-state index contributed by atoms with van der Waals surface area (Å²) in [6.45, 7) is 3.12. The summed E-state index contributed by atoms with van der Waals surface area (Å²) in [7, 11) is 0. The maximum absolute atomic E-state index is 12.7. The van der Waals surface area contributed by atoms with Crippen molar-refractivity contribution in [3.05, 3.63) is 108 Å². The van der Waals surface area contributed by atoms with Crippen LogP contribution in [-0.2, 0) is 22.6 Å². The molecule has 228 valence electrons. The fourth-order valence-electron chi connectivity index (χ4n) is 5.23. The van der Waals surface area contributed by atoms with Gasteiger partial charge >= 0.3 is 6.09 Å². The molecule has 1 aliphatic rings. The van der Waals surface area contributed by atoms with E-state index in [2.05, 4.69) is 20.9 Å². The van der Waals surface area contributed by atoms with Gasteiger partial charge < -0.3 is 30.5 Å². The van der Waals surface area contributed by atoms with Crippen LogP contribution in [0.3, 0.4) is 0 Å². The summed E-state index contributed by atoms with van der Waals surface area (Å²) in [5.74, 6) is 0.204. The number of hydrogen-bond acceptors (Lipinski definition) is 7. The molecule has 0 atom stereocenters. The highest BCUT2D eigenvalue weighted by atomic mass is 16.6. The molecule has 9 nitrogen and oxygen atoms in total.